The number of anilines is 1. The summed E-state index contributed by atoms with van der Waals surface area (Å²) in [5.41, 5.74) is 3.40. The summed E-state index contributed by atoms with van der Waals surface area (Å²) in [6.07, 6.45) is 6.80. The minimum atomic E-state index is -0.253. The molecule has 4 aliphatic rings. The van der Waals surface area contributed by atoms with Crippen LogP contribution in [0.25, 0.3) is 0 Å². The molecule has 1 aromatic rings. The van der Waals surface area contributed by atoms with E-state index in [1.54, 1.807) is 11.9 Å². The molecule has 2 amide bonds. The van der Waals surface area contributed by atoms with Gasteiger partial charge >= 0.3 is 0 Å². The quantitative estimate of drug-likeness (QED) is 0.821. The first-order chi connectivity index (χ1) is 13.0. The number of nitrogens with zero attached hydrogens (tertiary/aromatic N) is 1. The maximum absolute atomic E-state index is 13.5. The fraction of sp³-hybridized carbons (Fsp3) is 0.667. The van der Waals surface area contributed by atoms with E-state index in [0.717, 1.165) is 36.1 Å². The Hall–Kier alpha value is -1.84. The summed E-state index contributed by atoms with van der Waals surface area (Å²) >= 11 is 0. The lowest BCUT2D eigenvalue weighted by molar-refractivity contribution is -0.178. The predicted molar refractivity (Wildman–Crippen MR) is 112 cm³/mol. The Labute approximate surface area is 169 Å². The van der Waals surface area contributed by atoms with Crippen LogP contribution in [-0.2, 0) is 9.59 Å². The van der Waals surface area contributed by atoms with Gasteiger partial charge in [0.05, 0.1) is 12.0 Å². The van der Waals surface area contributed by atoms with Gasteiger partial charge in [0.2, 0.25) is 11.8 Å². The molecule has 4 aliphatic carbocycles. The van der Waals surface area contributed by atoms with Crippen molar-refractivity contribution >= 4 is 17.5 Å². The van der Waals surface area contributed by atoms with Gasteiger partial charge in [-0.2, -0.15) is 0 Å². The zero-order valence-electron chi connectivity index (χ0n) is 18.0. The third kappa shape index (κ3) is 3.25. The number of hydrogen-bond donors (Lipinski definition) is 1. The highest BCUT2D eigenvalue weighted by Crippen LogP contribution is 2.69. The molecule has 1 aromatic carbocycles. The number of carbonyl (C=O) groups is 2. The normalized spacial score (nSPS) is 35.7. The molecule has 4 nitrogen and oxygen atoms in total. The molecule has 5 rings (SSSR count). The highest BCUT2D eigenvalue weighted by atomic mass is 16.2. The van der Waals surface area contributed by atoms with Gasteiger partial charge < -0.3 is 10.2 Å². The molecule has 2 unspecified atom stereocenters. The second-order valence-electron chi connectivity index (χ2n) is 10.9. The molecule has 2 atom stereocenters. The summed E-state index contributed by atoms with van der Waals surface area (Å²) in [4.78, 5) is 27.9. The van der Waals surface area contributed by atoms with Crippen LogP contribution in [0.4, 0.5) is 5.69 Å². The fourth-order valence-corrected chi connectivity index (χ4v) is 7.45. The topological polar surface area (TPSA) is 49.4 Å². The van der Waals surface area contributed by atoms with Crippen molar-refractivity contribution in [1.82, 2.24) is 4.90 Å². The molecule has 0 aromatic heterocycles. The van der Waals surface area contributed by atoms with Gasteiger partial charge in [0.25, 0.3) is 0 Å². The first kappa shape index (κ1) is 19.5. The van der Waals surface area contributed by atoms with E-state index in [9.17, 15) is 9.59 Å². The Morgan fingerprint density at radius 3 is 2.32 bits per heavy atom. The molecule has 4 fully saturated rings. The minimum absolute atomic E-state index is 0.117. The van der Waals surface area contributed by atoms with Crippen molar-refractivity contribution in [1.29, 1.82) is 0 Å². The summed E-state index contributed by atoms with van der Waals surface area (Å²) in [7, 11) is 1.80. The molecule has 0 spiro atoms. The zero-order valence-corrected chi connectivity index (χ0v) is 18.0. The highest BCUT2D eigenvalue weighted by molar-refractivity contribution is 5.96. The molecule has 1 N–H and O–H groups in total. The smallest absolute Gasteiger partial charge is 0.243 e. The zero-order chi connectivity index (χ0) is 20.3. The van der Waals surface area contributed by atoms with Crippen molar-refractivity contribution in [3.05, 3.63) is 29.3 Å². The van der Waals surface area contributed by atoms with Crippen molar-refractivity contribution < 1.29 is 9.59 Å². The van der Waals surface area contributed by atoms with Crippen LogP contribution in [0.1, 0.15) is 63.5 Å². The van der Waals surface area contributed by atoms with Crippen LogP contribution in [0.2, 0.25) is 0 Å². The van der Waals surface area contributed by atoms with Crippen LogP contribution >= 0.6 is 0 Å². The van der Waals surface area contributed by atoms with E-state index < -0.39 is 0 Å². The first-order valence-corrected chi connectivity index (χ1v) is 10.6. The molecule has 28 heavy (non-hydrogen) atoms. The average Bonchev–Trinajstić information content (AvgIpc) is 2.55. The number of hydrogen-bond acceptors (Lipinski definition) is 2. The summed E-state index contributed by atoms with van der Waals surface area (Å²) in [6, 6.07) is 5.90. The number of nitrogens with one attached hydrogen (secondary N) is 1. The van der Waals surface area contributed by atoms with Crippen LogP contribution in [0.15, 0.2) is 18.2 Å². The Morgan fingerprint density at radius 1 is 1.07 bits per heavy atom. The van der Waals surface area contributed by atoms with Gasteiger partial charge in [-0.05, 0) is 86.3 Å². The molecule has 0 radical (unpaired) electrons. The van der Waals surface area contributed by atoms with Crippen molar-refractivity contribution in [2.75, 3.05) is 18.9 Å². The van der Waals surface area contributed by atoms with Gasteiger partial charge in [-0.15, -0.1) is 0 Å². The molecule has 152 valence electrons. The summed E-state index contributed by atoms with van der Waals surface area (Å²) < 4.78 is 0. The third-order valence-corrected chi connectivity index (χ3v) is 7.69. The van der Waals surface area contributed by atoms with Crippen LogP contribution in [-0.4, -0.2) is 30.3 Å². The Morgan fingerprint density at radius 2 is 1.71 bits per heavy atom. The third-order valence-electron chi connectivity index (χ3n) is 7.69. The standard InChI is InChI=1S/C24H34N2O2/c1-16-7-6-8-19(17(16)2)25-20(27)12-26(5)21(28)24-11-18-9-22(3,14-24)13-23(4,10-18)15-24/h6-8,18H,9-15H2,1-5H3,(H,25,27). The summed E-state index contributed by atoms with van der Waals surface area (Å²) in [5, 5.41) is 2.99. The largest absolute Gasteiger partial charge is 0.336 e. The Kier molecular flexibility index (Phi) is 4.40. The number of amides is 2. The van der Waals surface area contributed by atoms with Gasteiger partial charge in [0, 0.05) is 12.7 Å². The Balaban J connectivity index is 1.46. The van der Waals surface area contributed by atoms with Crippen molar-refractivity contribution in [3.8, 4) is 0 Å². The van der Waals surface area contributed by atoms with E-state index in [1.807, 2.05) is 32.0 Å². The summed E-state index contributed by atoms with van der Waals surface area (Å²) in [6.45, 7) is 8.92. The summed E-state index contributed by atoms with van der Waals surface area (Å²) in [5.74, 6) is 0.740. The van der Waals surface area contributed by atoms with Gasteiger partial charge in [0.1, 0.15) is 0 Å². The van der Waals surface area contributed by atoms with Crippen molar-refractivity contribution in [2.45, 2.75) is 66.2 Å². The molecular weight excluding hydrogens is 348 g/mol. The average molecular weight is 383 g/mol. The fourth-order valence-electron chi connectivity index (χ4n) is 7.45. The highest BCUT2D eigenvalue weighted by Gasteiger charge is 2.63. The number of aryl methyl sites for hydroxylation is 1. The maximum atomic E-state index is 13.5. The second kappa shape index (κ2) is 6.33. The first-order valence-electron chi connectivity index (χ1n) is 10.6. The van der Waals surface area contributed by atoms with E-state index in [4.69, 9.17) is 0 Å². The van der Waals surface area contributed by atoms with Crippen LogP contribution in [0, 0.1) is 36.0 Å². The lowest BCUT2D eigenvalue weighted by Gasteiger charge is -2.65. The lowest BCUT2D eigenvalue weighted by atomic mass is 9.40. The van der Waals surface area contributed by atoms with E-state index >= 15 is 0 Å². The van der Waals surface area contributed by atoms with Gasteiger partial charge in [0.15, 0.2) is 0 Å². The van der Waals surface area contributed by atoms with Crippen molar-refractivity contribution in [2.24, 2.45) is 22.2 Å². The molecule has 0 saturated heterocycles. The predicted octanol–water partition coefficient (Wildman–Crippen LogP) is 4.70. The molecule has 4 heteroatoms. The molecule has 0 aliphatic heterocycles. The second-order valence-corrected chi connectivity index (χ2v) is 10.9. The lowest BCUT2D eigenvalue weighted by Crippen LogP contribution is -2.60. The van der Waals surface area contributed by atoms with Crippen molar-refractivity contribution in [3.63, 3.8) is 0 Å². The SMILES string of the molecule is Cc1cccc(NC(=O)CN(C)C(=O)C23CC4CC(C)(CC(C)(C4)C2)C3)c1C. The Bertz CT molecular complexity index is 812. The minimum Gasteiger partial charge on any atom is -0.336 e. The number of benzene rings is 1. The molecule has 0 heterocycles. The number of carbonyl (C=O) groups excluding carboxylic acids is 2. The monoisotopic (exact) mass is 382 g/mol. The maximum Gasteiger partial charge on any atom is 0.243 e. The molecule has 4 saturated carbocycles. The van der Waals surface area contributed by atoms with E-state index in [0.29, 0.717) is 16.7 Å². The number of rotatable bonds is 4. The molecule has 4 bridgehead atoms. The van der Waals surface area contributed by atoms with Gasteiger partial charge in [-0.1, -0.05) is 26.0 Å². The molecular formula is C24H34N2O2. The van der Waals surface area contributed by atoms with Gasteiger partial charge in [-0.3, -0.25) is 9.59 Å². The van der Waals surface area contributed by atoms with Crippen LogP contribution in [0.3, 0.4) is 0 Å². The number of likely N-dealkylation sites (N-methyl/N-ethyl adjacent to an activating group) is 1. The van der Waals surface area contributed by atoms with E-state index in [-0.39, 0.29) is 23.8 Å². The van der Waals surface area contributed by atoms with Crippen LogP contribution in [0.5, 0.6) is 0 Å². The van der Waals surface area contributed by atoms with Crippen LogP contribution < -0.4 is 5.32 Å². The van der Waals surface area contributed by atoms with Gasteiger partial charge in [-0.25, -0.2) is 0 Å². The van der Waals surface area contributed by atoms with E-state index in [1.165, 1.54) is 19.3 Å². The van der Waals surface area contributed by atoms with E-state index in [2.05, 4.69) is 19.2 Å².